The molecule has 0 aromatic carbocycles. The van der Waals surface area contributed by atoms with Gasteiger partial charge < -0.3 is 9.97 Å². The van der Waals surface area contributed by atoms with E-state index in [1.54, 1.807) is 24.8 Å². The molecule has 0 fully saturated rings. The minimum absolute atomic E-state index is 0.468. The predicted molar refractivity (Wildman–Crippen MR) is 46.4 cm³/mol. The number of aromatic amines is 2. The normalized spacial score (nSPS) is 9.23. The third-order valence-electron chi connectivity index (χ3n) is 1.28. The van der Waals surface area contributed by atoms with E-state index >= 15 is 0 Å². The number of rotatable bonds is 2. The Kier molecular flexibility index (Phi) is 1.99. The van der Waals surface area contributed by atoms with Gasteiger partial charge in [-0.3, -0.25) is 0 Å². The minimum atomic E-state index is 0.468. The highest BCUT2D eigenvalue weighted by atomic mass is 15.1. The van der Waals surface area contributed by atoms with Gasteiger partial charge in [0.2, 0.25) is 11.9 Å². The molecule has 0 saturated carbocycles. The molecule has 2 aromatic rings. The van der Waals surface area contributed by atoms with Gasteiger partial charge in [-0.2, -0.15) is 0 Å². The van der Waals surface area contributed by atoms with Crippen LogP contribution in [0.1, 0.15) is 0 Å². The molecule has 2 heterocycles. The lowest BCUT2D eigenvalue weighted by molar-refractivity contribution is 1.23. The van der Waals surface area contributed by atoms with Gasteiger partial charge in [-0.05, 0) is 0 Å². The molecule has 0 aliphatic carbocycles. The predicted octanol–water partition coefficient (Wildman–Crippen LogP) is 1.27. The molecule has 2 N–H and O–H groups in total. The molecule has 2 aromatic heterocycles. The van der Waals surface area contributed by atoms with Gasteiger partial charge in [-0.1, -0.05) is 0 Å². The number of aromatic nitrogens is 4. The fourth-order valence-electron chi connectivity index (χ4n) is 0.756. The van der Waals surface area contributed by atoms with Crippen molar-refractivity contribution in [1.29, 1.82) is 0 Å². The van der Waals surface area contributed by atoms with Crippen molar-refractivity contribution in [2.24, 2.45) is 9.98 Å². The second-order valence-electron chi connectivity index (χ2n) is 2.15. The van der Waals surface area contributed by atoms with Gasteiger partial charge in [0.15, 0.2) is 0 Å². The zero-order valence-corrected chi connectivity index (χ0v) is 6.60. The van der Waals surface area contributed by atoms with E-state index in [1.807, 2.05) is 0 Å². The van der Waals surface area contributed by atoms with Crippen LogP contribution in [0, 0.1) is 0 Å². The monoisotopic (exact) mass is 174 g/mol. The summed E-state index contributed by atoms with van der Waals surface area (Å²) in [5.74, 6) is 0.936. The number of aliphatic imine (C=N–C) groups is 2. The van der Waals surface area contributed by atoms with Crippen molar-refractivity contribution in [3.8, 4) is 0 Å². The van der Waals surface area contributed by atoms with Gasteiger partial charge in [-0.25, -0.2) is 9.97 Å². The van der Waals surface area contributed by atoms with Crippen LogP contribution in [0.5, 0.6) is 0 Å². The molecule has 2 rings (SSSR count). The first kappa shape index (κ1) is 7.45. The summed E-state index contributed by atoms with van der Waals surface area (Å²) in [5, 5.41) is 0. The van der Waals surface area contributed by atoms with E-state index in [4.69, 9.17) is 0 Å². The van der Waals surface area contributed by atoms with Crippen LogP contribution in [0.4, 0.5) is 11.9 Å². The second-order valence-corrected chi connectivity index (χ2v) is 2.15. The van der Waals surface area contributed by atoms with E-state index in [2.05, 4.69) is 35.9 Å². The summed E-state index contributed by atoms with van der Waals surface area (Å²) in [6.45, 7) is 0. The van der Waals surface area contributed by atoms with Crippen LogP contribution in [-0.4, -0.2) is 25.9 Å². The lowest BCUT2D eigenvalue weighted by Gasteiger charge is -1.77. The minimum Gasteiger partial charge on any atom is -0.329 e. The van der Waals surface area contributed by atoms with Crippen molar-refractivity contribution in [1.82, 2.24) is 19.9 Å². The molecule has 0 atom stereocenters. The SMILES string of the molecule is C(=Nc1ncc[nH]1)=Nc1ncc[nH]1. The van der Waals surface area contributed by atoms with Crippen molar-refractivity contribution in [2.75, 3.05) is 0 Å². The standard InChI is InChI=1S/C7H6N6/c1-2-9-6(8-1)12-5-13-7-10-3-4-11-7/h1-4H,(H,8,9)(H,10,11). The molecule has 0 bridgehead atoms. The Balaban J connectivity index is 2.14. The molecule has 0 amide bonds. The molecule has 0 unspecified atom stereocenters. The van der Waals surface area contributed by atoms with Crippen molar-refractivity contribution < 1.29 is 0 Å². The largest absolute Gasteiger partial charge is 0.329 e. The number of imidazole rings is 2. The fourth-order valence-corrected chi connectivity index (χ4v) is 0.756. The topological polar surface area (TPSA) is 82.1 Å². The summed E-state index contributed by atoms with van der Waals surface area (Å²) >= 11 is 0. The number of hydrogen-bond donors (Lipinski definition) is 2. The lowest BCUT2D eigenvalue weighted by atomic mass is 11.0. The summed E-state index contributed by atoms with van der Waals surface area (Å²) in [6.07, 6.45) is 6.56. The smallest absolute Gasteiger partial charge is 0.236 e. The van der Waals surface area contributed by atoms with E-state index in [0.717, 1.165) is 0 Å². The van der Waals surface area contributed by atoms with Crippen LogP contribution in [0.3, 0.4) is 0 Å². The Bertz CT molecular complexity index is 368. The van der Waals surface area contributed by atoms with Crippen molar-refractivity contribution in [3.05, 3.63) is 24.8 Å². The number of hydrogen-bond acceptors (Lipinski definition) is 4. The summed E-state index contributed by atoms with van der Waals surface area (Å²) in [4.78, 5) is 20.9. The quantitative estimate of drug-likeness (QED) is 0.672. The zero-order valence-electron chi connectivity index (χ0n) is 6.60. The van der Waals surface area contributed by atoms with E-state index < -0.39 is 0 Å². The van der Waals surface area contributed by atoms with Crippen LogP contribution in [0.15, 0.2) is 34.8 Å². The van der Waals surface area contributed by atoms with Gasteiger partial charge in [0.25, 0.3) is 0 Å². The summed E-state index contributed by atoms with van der Waals surface area (Å²) in [5.41, 5.74) is 0. The molecule has 0 aliphatic heterocycles. The number of nitrogens with one attached hydrogen (secondary N) is 2. The second kappa shape index (κ2) is 3.46. The maximum atomic E-state index is 3.86. The summed E-state index contributed by atoms with van der Waals surface area (Å²) < 4.78 is 0. The van der Waals surface area contributed by atoms with Crippen LogP contribution >= 0.6 is 0 Å². The first-order chi connectivity index (χ1) is 6.45. The van der Waals surface area contributed by atoms with Gasteiger partial charge in [0.1, 0.15) is 6.01 Å². The van der Waals surface area contributed by atoms with Crippen LogP contribution in [-0.2, 0) is 0 Å². The Hall–Kier alpha value is -2.20. The molecule has 6 nitrogen and oxygen atoms in total. The average Bonchev–Trinajstić information content (AvgIpc) is 2.75. The van der Waals surface area contributed by atoms with Gasteiger partial charge in [-0.15, -0.1) is 9.98 Å². The molecular formula is C7H6N6. The molecule has 13 heavy (non-hydrogen) atoms. The molecule has 6 heteroatoms. The van der Waals surface area contributed by atoms with E-state index in [1.165, 1.54) is 0 Å². The molecule has 0 spiro atoms. The zero-order chi connectivity index (χ0) is 8.93. The third kappa shape index (κ3) is 1.88. The molecule has 64 valence electrons. The van der Waals surface area contributed by atoms with Gasteiger partial charge in [0, 0.05) is 24.8 Å². The van der Waals surface area contributed by atoms with Crippen molar-refractivity contribution in [2.45, 2.75) is 0 Å². The molecule has 0 radical (unpaired) electrons. The van der Waals surface area contributed by atoms with E-state index in [9.17, 15) is 0 Å². The maximum Gasteiger partial charge on any atom is 0.236 e. The number of H-pyrrole nitrogens is 2. The van der Waals surface area contributed by atoms with Crippen molar-refractivity contribution >= 4 is 17.9 Å². The first-order valence-corrected chi connectivity index (χ1v) is 3.60. The van der Waals surface area contributed by atoms with Crippen molar-refractivity contribution in [3.63, 3.8) is 0 Å². The number of nitrogens with zero attached hydrogens (tertiary/aromatic N) is 4. The first-order valence-electron chi connectivity index (χ1n) is 3.60. The van der Waals surface area contributed by atoms with E-state index in [0.29, 0.717) is 11.9 Å². The maximum absolute atomic E-state index is 3.86. The molecule has 0 aliphatic rings. The fraction of sp³-hybridized carbons (Fsp3) is 0. The van der Waals surface area contributed by atoms with Gasteiger partial charge in [0.05, 0.1) is 0 Å². The molecule has 0 saturated heterocycles. The highest BCUT2D eigenvalue weighted by Crippen LogP contribution is 2.00. The van der Waals surface area contributed by atoms with Crippen LogP contribution in [0.2, 0.25) is 0 Å². The highest BCUT2D eigenvalue weighted by Gasteiger charge is 1.86. The highest BCUT2D eigenvalue weighted by molar-refractivity contribution is 5.50. The Morgan fingerprint density at radius 3 is 1.92 bits per heavy atom. The van der Waals surface area contributed by atoms with Gasteiger partial charge >= 0.3 is 0 Å². The average molecular weight is 174 g/mol. The van der Waals surface area contributed by atoms with Crippen LogP contribution < -0.4 is 0 Å². The Morgan fingerprint density at radius 1 is 1.00 bits per heavy atom. The van der Waals surface area contributed by atoms with Crippen LogP contribution in [0.25, 0.3) is 0 Å². The Morgan fingerprint density at radius 2 is 1.54 bits per heavy atom. The van der Waals surface area contributed by atoms with E-state index in [-0.39, 0.29) is 0 Å². The Labute approximate surface area is 73.5 Å². The molecular weight excluding hydrogens is 168 g/mol. The lowest BCUT2D eigenvalue weighted by Crippen LogP contribution is -1.66. The summed E-state index contributed by atoms with van der Waals surface area (Å²) in [7, 11) is 0. The summed E-state index contributed by atoms with van der Waals surface area (Å²) in [6, 6.07) is 2.45. The third-order valence-corrected chi connectivity index (χ3v) is 1.28.